The number of carbonyl (C=O) groups excluding carboxylic acids is 1. The second-order valence-electron chi connectivity index (χ2n) is 4.73. The summed E-state index contributed by atoms with van der Waals surface area (Å²) in [5, 5.41) is 1.81. The molecule has 0 aliphatic rings. The van der Waals surface area contributed by atoms with E-state index in [0.29, 0.717) is 4.21 Å². The fraction of sp³-hybridized carbons (Fsp3) is 0.615. The first kappa shape index (κ1) is 18.1. The molecule has 0 aromatic carbocycles. The van der Waals surface area contributed by atoms with Gasteiger partial charge in [-0.25, -0.2) is 0 Å². The van der Waals surface area contributed by atoms with Gasteiger partial charge < -0.3 is 4.74 Å². The molecule has 1 aromatic heterocycles. The monoisotopic (exact) mass is 356 g/mol. The summed E-state index contributed by atoms with van der Waals surface area (Å²) in [5.41, 5.74) is 0. The third-order valence-electron chi connectivity index (χ3n) is 2.82. The molecule has 1 aromatic rings. The molecule has 1 rings (SSSR count). The number of alkyl halides is 2. The van der Waals surface area contributed by atoms with Gasteiger partial charge in [-0.15, -0.1) is 11.3 Å². The van der Waals surface area contributed by atoms with E-state index in [9.17, 15) is 9.00 Å². The first-order valence-electron chi connectivity index (χ1n) is 6.16. The third kappa shape index (κ3) is 5.11. The Morgan fingerprint density at radius 1 is 1.50 bits per heavy atom. The van der Waals surface area contributed by atoms with Crippen LogP contribution in [0.15, 0.2) is 21.7 Å². The minimum absolute atomic E-state index is 0.0721. The first-order chi connectivity index (χ1) is 9.27. The number of hydrogen-bond donors (Lipinski definition) is 0. The van der Waals surface area contributed by atoms with Gasteiger partial charge in [0.25, 0.3) is 0 Å². The molecule has 114 valence electrons. The van der Waals surface area contributed by atoms with Crippen LogP contribution >= 0.6 is 34.5 Å². The fourth-order valence-electron chi connectivity index (χ4n) is 1.56. The lowest BCUT2D eigenvalue weighted by Crippen LogP contribution is -2.30. The van der Waals surface area contributed by atoms with Gasteiger partial charge in [-0.1, -0.05) is 43.1 Å². The van der Waals surface area contributed by atoms with Crippen molar-refractivity contribution in [2.24, 2.45) is 5.92 Å². The Morgan fingerprint density at radius 2 is 2.15 bits per heavy atom. The molecule has 2 atom stereocenters. The molecule has 3 nitrogen and oxygen atoms in total. The van der Waals surface area contributed by atoms with E-state index in [0.717, 1.165) is 0 Å². The van der Waals surface area contributed by atoms with E-state index in [4.69, 9.17) is 27.9 Å². The first-order valence-corrected chi connectivity index (χ1v) is 8.95. The zero-order valence-corrected chi connectivity index (χ0v) is 14.7. The van der Waals surface area contributed by atoms with Gasteiger partial charge in [-0.2, -0.15) is 0 Å². The maximum Gasteiger partial charge on any atom is 0.199 e. The van der Waals surface area contributed by atoms with Crippen LogP contribution in [-0.4, -0.2) is 26.9 Å². The van der Waals surface area contributed by atoms with Crippen molar-refractivity contribution < 1.29 is 13.7 Å². The molecular formula is C13H18Cl2O3S2. The standard InChI is InChI=1S/C13H18Cl2O3S2/c1-9(2)11(16)7-10(18-3)8-13(14,15)20(17)12-5-4-6-19-12/h4-6,9-10H,7-8H2,1-3H3. The Morgan fingerprint density at radius 3 is 2.60 bits per heavy atom. The number of thiophene rings is 1. The van der Waals surface area contributed by atoms with Gasteiger partial charge in [0.05, 0.1) is 21.1 Å². The molecule has 2 unspecified atom stereocenters. The number of carbonyl (C=O) groups is 1. The molecule has 0 aliphatic carbocycles. The van der Waals surface area contributed by atoms with E-state index in [1.807, 2.05) is 19.2 Å². The lowest BCUT2D eigenvalue weighted by molar-refractivity contribution is -0.124. The molecule has 0 N–H and O–H groups in total. The van der Waals surface area contributed by atoms with Crippen LogP contribution in [0, 0.1) is 5.92 Å². The molecule has 0 bridgehead atoms. The van der Waals surface area contributed by atoms with Crippen LogP contribution in [0.5, 0.6) is 0 Å². The van der Waals surface area contributed by atoms with Gasteiger partial charge in [0, 0.05) is 25.9 Å². The molecular weight excluding hydrogens is 339 g/mol. The van der Waals surface area contributed by atoms with E-state index >= 15 is 0 Å². The molecule has 0 aliphatic heterocycles. The highest BCUT2D eigenvalue weighted by molar-refractivity contribution is 7.91. The zero-order valence-electron chi connectivity index (χ0n) is 11.6. The van der Waals surface area contributed by atoms with Gasteiger partial charge >= 0.3 is 0 Å². The maximum absolute atomic E-state index is 12.3. The average molecular weight is 357 g/mol. The van der Waals surface area contributed by atoms with Gasteiger partial charge in [0.2, 0.25) is 0 Å². The second-order valence-corrected chi connectivity index (χ2v) is 9.54. The van der Waals surface area contributed by atoms with E-state index in [1.165, 1.54) is 18.4 Å². The summed E-state index contributed by atoms with van der Waals surface area (Å²) in [5.74, 6) is -0.00150. The van der Waals surface area contributed by atoms with Crippen LogP contribution in [0.1, 0.15) is 26.7 Å². The molecule has 0 saturated heterocycles. The lowest BCUT2D eigenvalue weighted by atomic mass is 10.0. The van der Waals surface area contributed by atoms with Crippen LogP contribution in [0.2, 0.25) is 0 Å². The smallest absolute Gasteiger partial charge is 0.199 e. The second kappa shape index (κ2) is 7.90. The topological polar surface area (TPSA) is 43.4 Å². The minimum atomic E-state index is -1.55. The summed E-state index contributed by atoms with van der Waals surface area (Å²) in [7, 11) is -0.0560. The van der Waals surface area contributed by atoms with Crippen LogP contribution in [0.3, 0.4) is 0 Å². The predicted octanol–water partition coefficient (Wildman–Crippen LogP) is 4.01. The van der Waals surface area contributed by atoms with Crippen molar-refractivity contribution in [3.05, 3.63) is 17.5 Å². The Hall–Kier alpha value is 0.0600. The van der Waals surface area contributed by atoms with E-state index in [1.54, 1.807) is 12.1 Å². The van der Waals surface area contributed by atoms with E-state index < -0.39 is 20.6 Å². The number of methoxy groups -OCH3 is 1. The highest BCUT2D eigenvalue weighted by Crippen LogP contribution is 2.37. The summed E-state index contributed by atoms with van der Waals surface area (Å²) in [4.78, 5) is 11.8. The zero-order chi connectivity index (χ0) is 15.3. The largest absolute Gasteiger partial charge is 0.381 e. The molecule has 0 fully saturated rings. The van der Waals surface area contributed by atoms with Crippen molar-refractivity contribution in [2.75, 3.05) is 7.11 Å². The third-order valence-corrected chi connectivity index (χ3v) is 6.59. The van der Waals surface area contributed by atoms with Gasteiger partial charge in [0.15, 0.2) is 3.67 Å². The van der Waals surface area contributed by atoms with Gasteiger partial charge in [-0.05, 0) is 11.4 Å². The number of Topliss-reactive ketones (excluding diaryl/α,β-unsaturated/α-hetero) is 1. The summed E-state index contributed by atoms with van der Waals surface area (Å²) in [6, 6.07) is 3.51. The number of rotatable bonds is 8. The fourth-order valence-corrected chi connectivity index (χ4v) is 4.90. The minimum Gasteiger partial charge on any atom is -0.381 e. The Labute approximate surface area is 136 Å². The Balaban J connectivity index is 2.72. The summed E-state index contributed by atoms with van der Waals surface area (Å²) < 4.78 is 16.7. The molecule has 0 saturated carbocycles. The molecule has 0 amide bonds. The van der Waals surface area contributed by atoms with Crippen LogP contribution in [0.25, 0.3) is 0 Å². The Kier molecular flexibility index (Phi) is 7.15. The Bertz CT molecular complexity index is 458. The number of hydrogen-bond acceptors (Lipinski definition) is 4. The normalized spacial score (nSPS) is 15.3. The van der Waals surface area contributed by atoms with Crippen LogP contribution in [0.4, 0.5) is 0 Å². The summed E-state index contributed by atoms with van der Waals surface area (Å²) in [6.07, 6.45) is -0.0872. The van der Waals surface area contributed by atoms with Crippen molar-refractivity contribution in [3.8, 4) is 0 Å². The van der Waals surface area contributed by atoms with E-state index in [2.05, 4.69) is 0 Å². The number of ketones is 1. The van der Waals surface area contributed by atoms with Crippen LogP contribution in [-0.2, 0) is 20.3 Å². The van der Waals surface area contributed by atoms with Crippen molar-refractivity contribution in [3.63, 3.8) is 0 Å². The van der Waals surface area contributed by atoms with E-state index in [-0.39, 0.29) is 24.5 Å². The van der Waals surface area contributed by atoms with Crippen molar-refractivity contribution in [2.45, 2.75) is 40.7 Å². The summed E-state index contributed by atoms with van der Waals surface area (Å²) >= 11 is 13.7. The number of halogens is 2. The SMILES string of the molecule is COC(CC(=O)C(C)C)CC(Cl)(Cl)S(=O)c1cccs1. The highest BCUT2D eigenvalue weighted by atomic mass is 35.5. The maximum atomic E-state index is 12.3. The molecule has 7 heteroatoms. The average Bonchev–Trinajstić information content (AvgIpc) is 2.90. The van der Waals surface area contributed by atoms with Crippen LogP contribution < -0.4 is 0 Å². The number of ether oxygens (including phenoxy) is 1. The molecule has 0 spiro atoms. The van der Waals surface area contributed by atoms with Crippen molar-refractivity contribution in [1.29, 1.82) is 0 Å². The van der Waals surface area contributed by atoms with Crippen molar-refractivity contribution in [1.82, 2.24) is 0 Å². The molecule has 0 radical (unpaired) electrons. The lowest BCUT2D eigenvalue weighted by Gasteiger charge is -2.24. The van der Waals surface area contributed by atoms with Gasteiger partial charge in [0.1, 0.15) is 5.78 Å². The van der Waals surface area contributed by atoms with Crippen molar-refractivity contribution >= 4 is 51.1 Å². The highest BCUT2D eigenvalue weighted by Gasteiger charge is 2.37. The quantitative estimate of drug-likeness (QED) is 0.661. The molecule has 1 heterocycles. The summed E-state index contributed by atoms with van der Waals surface area (Å²) in [6.45, 7) is 3.65. The predicted molar refractivity (Wildman–Crippen MR) is 85.0 cm³/mol. The van der Waals surface area contributed by atoms with Gasteiger partial charge in [-0.3, -0.25) is 9.00 Å². The molecule has 20 heavy (non-hydrogen) atoms.